The third-order valence-electron chi connectivity index (χ3n) is 3.08. The fourth-order valence-electron chi connectivity index (χ4n) is 1.90. The molecule has 0 radical (unpaired) electrons. The topological polar surface area (TPSA) is 32.3 Å². The van der Waals surface area contributed by atoms with Gasteiger partial charge >= 0.3 is 0 Å². The highest BCUT2D eigenvalue weighted by Gasteiger charge is 2.21. The first-order valence-electron chi connectivity index (χ1n) is 6.26. The standard InChI is InChI=1S/C14H21ClN2O/c1-5-17(6-2)13(15)14(18)16-12-10(3)8-7-9-11(12)4/h7-9,13H,5-6H2,1-4H3,(H,16,18). The van der Waals surface area contributed by atoms with Crippen LogP contribution in [0.1, 0.15) is 25.0 Å². The lowest BCUT2D eigenvalue weighted by Crippen LogP contribution is -2.40. The second-order valence-corrected chi connectivity index (χ2v) is 4.73. The summed E-state index contributed by atoms with van der Waals surface area (Å²) in [6.07, 6.45) is 0. The molecule has 1 amide bonds. The zero-order valence-corrected chi connectivity index (χ0v) is 12.2. The maximum Gasteiger partial charge on any atom is 0.257 e. The Bertz CT molecular complexity index is 396. The number of carbonyl (C=O) groups excluding carboxylic acids is 1. The van der Waals surface area contributed by atoms with Crippen molar-refractivity contribution in [2.75, 3.05) is 18.4 Å². The highest BCUT2D eigenvalue weighted by Crippen LogP contribution is 2.20. The Kier molecular flexibility index (Phi) is 5.63. The van der Waals surface area contributed by atoms with E-state index in [1.165, 1.54) is 0 Å². The largest absolute Gasteiger partial charge is 0.323 e. The molecule has 0 aliphatic carbocycles. The Labute approximate surface area is 114 Å². The van der Waals surface area contributed by atoms with Crippen molar-refractivity contribution in [3.63, 3.8) is 0 Å². The summed E-state index contributed by atoms with van der Waals surface area (Å²) in [6, 6.07) is 5.93. The van der Waals surface area contributed by atoms with Gasteiger partial charge in [0.1, 0.15) is 0 Å². The van der Waals surface area contributed by atoms with Crippen LogP contribution in [0.25, 0.3) is 0 Å². The number of hydrogen-bond acceptors (Lipinski definition) is 2. The average Bonchev–Trinajstić information content (AvgIpc) is 2.35. The Morgan fingerprint density at radius 1 is 1.28 bits per heavy atom. The van der Waals surface area contributed by atoms with E-state index in [1.54, 1.807) is 0 Å². The van der Waals surface area contributed by atoms with Gasteiger partial charge in [0.15, 0.2) is 5.50 Å². The molecule has 0 aliphatic rings. The highest BCUT2D eigenvalue weighted by molar-refractivity contribution is 6.32. The van der Waals surface area contributed by atoms with E-state index < -0.39 is 5.50 Å². The van der Waals surface area contributed by atoms with Crippen LogP contribution in [-0.2, 0) is 4.79 Å². The third kappa shape index (κ3) is 3.47. The molecule has 0 aliphatic heterocycles. The monoisotopic (exact) mass is 268 g/mol. The van der Waals surface area contributed by atoms with Gasteiger partial charge in [0.05, 0.1) is 0 Å². The number of para-hydroxylation sites is 1. The molecule has 0 saturated carbocycles. The van der Waals surface area contributed by atoms with Crippen molar-refractivity contribution in [1.82, 2.24) is 4.90 Å². The van der Waals surface area contributed by atoms with Crippen molar-refractivity contribution in [1.29, 1.82) is 0 Å². The second kappa shape index (κ2) is 6.76. The summed E-state index contributed by atoms with van der Waals surface area (Å²) >= 11 is 6.17. The van der Waals surface area contributed by atoms with Crippen LogP contribution in [0.2, 0.25) is 0 Å². The van der Waals surface area contributed by atoms with Gasteiger partial charge in [0, 0.05) is 5.69 Å². The molecule has 1 rings (SSSR count). The highest BCUT2D eigenvalue weighted by atomic mass is 35.5. The van der Waals surface area contributed by atoms with Gasteiger partial charge in [-0.3, -0.25) is 9.69 Å². The van der Waals surface area contributed by atoms with Crippen molar-refractivity contribution in [2.24, 2.45) is 0 Å². The number of nitrogens with one attached hydrogen (secondary N) is 1. The Hall–Kier alpha value is -1.06. The fraction of sp³-hybridized carbons (Fsp3) is 0.500. The lowest BCUT2D eigenvalue weighted by Gasteiger charge is -2.24. The van der Waals surface area contributed by atoms with Crippen molar-refractivity contribution >= 4 is 23.2 Å². The summed E-state index contributed by atoms with van der Waals surface area (Å²) in [4.78, 5) is 14.0. The number of benzene rings is 1. The zero-order chi connectivity index (χ0) is 13.7. The number of hydrogen-bond donors (Lipinski definition) is 1. The van der Waals surface area contributed by atoms with E-state index in [4.69, 9.17) is 11.6 Å². The number of halogens is 1. The van der Waals surface area contributed by atoms with Crippen molar-refractivity contribution in [2.45, 2.75) is 33.2 Å². The number of likely N-dealkylation sites (N-methyl/N-ethyl adjacent to an activating group) is 1. The maximum absolute atomic E-state index is 12.1. The predicted molar refractivity (Wildman–Crippen MR) is 77.1 cm³/mol. The molecule has 0 fully saturated rings. The maximum atomic E-state index is 12.1. The molecule has 1 atom stereocenters. The van der Waals surface area contributed by atoms with E-state index >= 15 is 0 Å². The van der Waals surface area contributed by atoms with Gasteiger partial charge < -0.3 is 5.32 Å². The third-order valence-corrected chi connectivity index (χ3v) is 3.55. The molecule has 3 nitrogen and oxygen atoms in total. The van der Waals surface area contributed by atoms with Gasteiger partial charge in [0.2, 0.25) is 0 Å². The molecule has 0 heterocycles. The summed E-state index contributed by atoms with van der Waals surface area (Å²) in [6.45, 7) is 9.44. The quantitative estimate of drug-likeness (QED) is 0.657. The van der Waals surface area contributed by atoms with E-state index in [1.807, 2.05) is 50.8 Å². The van der Waals surface area contributed by atoms with Crippen LogP contribution in [0.5, 0.6) is 0 Å². The second-order valence-electron chi connectivity index (χ2n) is 4.31. The van der Waals surface area contributed by atoms with Gasteiger partial charge in [-0.1, -0.05) is 43.6 Å². The van der Waals surface area contributed by atoms with Gasteiger partial charge in [0.25, 0.3) is 5.91 Å². The molecule has 100 valence electrons. The number of rotatable bonds is 5. The molecule has 0 spiro atoms. The molecule has 0 saturated heterocycles. The van der Waals surface area contributed by atoms with E-state index in [0.29, 0.717) is 0 Å². The smallest absolute Gasteiger partial charge is 0.257 e. The molecule has 1 aromatic carbocycles. The van der Waals surface area contributed by atoms with E-state index in [2.05, 4.69) is 5.32 Å². The summed E-state index contributed by atoms with van der Waals surface area (Å²) in [5.41, 5.74) is 2.33. The zero-order valence-electron chi connectivity index (χ0n) is 11.5. The van der Waals surface area contributed by atoms with E-state index in [-0.39, 0.29) is 5.91 Å². The normalized spacial score (nSPS) is 12.6. The molecule has 1 aromatic rings. The molecule has 4 heteroatoms. The van der Waals surface area contributed by atoms with E-state index in [0.717, 1.165) is 29.9 Å². The van der Waals surface area contributed by atoms with Crippen LogP contribution in [0.4, 0.5) is 5.69 Å². The molecule has 0 aromatic heterocycles. The van der Waals surface area contributed by atoms with Crippen LogP contribution < -0.4 is 5.32 Å². The molecule has 1 unspecified atom stereocenters. The predicted octanol–water partition coefficient (Wildman–Crippen LogP) is 3.15. The van der Waals surface area contributed by atoms with Crippen molar-refractivity contribution in [3.05, 3.63) is 29.3 Å². The van der Waals surface area contributed by atoms with Crippen LogP contribution in [0.15, 0.2) is 18.2 Å². The summed E-state index contributed by atoms with van der Waals surface area (Å²) in [5.74, 6) is -0.169. The molecule has 0 bridgehead atoms. The number of aryl methyl sites for hydroxylation is 2. The Balaban J connectivity index is 2.81. The minimum Gasteiger partial charge on any atom is -0.323 e. The average molecular weight is 269 g/mol. The number of amides is 1. The molecule has 18 heavy (non-hydrogen) atoms. The van der Waals surface area contributed by atoms with Gasteiger partial charge in [-0.05, 0) is 38.1 Å². The van der Waals surface area contributed by atoms with Crippen LogP contribution >= 0.6 is 11.6 Å². The first-order valence-corrected chi connectivity index (χ1v) is 6.70. The van der Waals surface area contributed by atoms with Crippen LogP contribution in [0, 0.1) is 13.8 Å². The molecular weight excluding hydrogens is 248 g/mol. The summed E-state index contributed by atoms with van der Waals surface area (Å²) < 4.78 is 0. The molecular formula is C14H21ClN2O. The Morgan fingerprint density at radius 2 is 1.78 bits per heavy atom. The first-order chi connectivity index (χ1) is 8.51. The molecule has 1 N–H and O–H groups in total. The summed E-state index contributed by atoms with van der Waals surface area (Å²) in [7, 11) is 0. The minimum atomic E-state index is -0.626. The number of anilines is 1. The first kappa shape index (κ1) is 15.0. The van der Waals surface area contributed by atoms with Gasteiger partial charge in [-0.15, -0.1) is 0 Å². The van der Waals surface area contributed by atoms with Gasteiger partial charge in [-0.25, -0.2) is 0 Å². The van der Waals surface area contributed by atoms with Crippen molar-refractivity contribution in [3.8, 4) is 0 Å². The number of nitrogens with zero attached hydrogens (tertiary/aromatic N) is 1. The Morgan fingerprint density at radius 3 is 2.22 bits per heavy atom. The van der Waals surface area contributed by atoms with Gasteiger partial charge in [-0.2, -0.15) is 0 Å². The fourth-order valence-corrected chi connectivity index (χ4v) is 2.23. The van der Waals surface area contributed by atoms with Crippen LogP contribution in [0.3, 0.4) is 0 Å². The summed E-state index contributed by atoms with van der Waals surface area (Å²) in [5, 5.41) is 2.91. The minimum absolute atomic E-state index is 0.169. The van der Waals surface area contributed by atoms with E-state index in [9.17, 15) is 4.79 Å². The van der Waals surface area contributed by atoms with Crippen LogP contribution in [-0.4, -0.2) is 29.4 Å². The lowest BCUT2D eigenvalue weighted by atomic mass is 10.1. The number of alkyl halides is 1. The SMILES string of the molecule is CCN(CC)C(Cl)C(=O)Nc1c(C)cccc1C. The van der Waals surface area contributed by atoms with Crippen molar-refractivity contribution < 1.29 is 4.79 Å². The lowest BCUT2D eigenvalue weighted by molar-refractivity contribution is -0.118. The number of carbonyl (C=O) groups is 1.